The molecule has 2 heteroatoms. The highest BCUT2D eigenvalue weighted by Gasteiger charge is 2.40. The molecule has 0 radical (unpaired) electrons. The number of para-hydroxylation sites is 2. The van der Waals surface area contributed by atoms with Gasteiger partial charge in [-0.1, -0.05) is 204 Å². The molecule has 0 bridgehead atoms. The van der Waals surface area contributed by atoms with Crippen molar-refractivity contribution in [1.29, 1.82) is 0 Å². The van der Waals surface area contributed by atoms with Crippen LogP contribution in [0.2, 0.25) is 0 Å². The highest BCUT2D eigenvalue weighted by molar-refractivity contribution is 6.09. The zero-order valence-electron chi connectivity index (χ0n) is 36.7. The first kappa shape index (κ1) is 38.0. The van der Waals surface area contributed by atoms with Gasteiger partial charge in [-0.05, 0) is 109 Å². The van der Waals surface area contributed by atoms with Gasteiger partial charge in [0, 0.05) is 27.5 Å². The molecule has 2 nitrogen and oxygen atoms in total. The summed E-state index contributed by atoms with van der Waals surface area (Å²) in [5.74, 6) is 0. The van der Waals surface area contributed by atoms with Gasteiger partial charge in [0.25, 0.3) is 0 Å². The van der Waals surface area contributed by atoms with E-state index in [-0.39, 0.29) is 10.8 Å². The maximum absolute atomic E-state index is 2.59. The molecule has 0 atom stereocenters. The predicted molar refractivity (Wildman–Crippen MR) is 271 cm³/mol. The van der Waals surface area contributed by atoms with Crippen LogP contribution in [0.1, 0.15) is 49.9 Å². The van der Waals surface area contributed by atoms with Crippen molar-refractivity contribution in [3.8, 4) is 33.4 Å². The highest BCUT2D eigenvalue weighted by atomic mass is 15.2. The van der Waals surface area contributed by atoms with E-state index in [1.54, 1.807) is 0 Å². The predicted octanol–water partition coefficient (Wildman–Crippen LogP) is 17.2. The normalized spacial score (nSPS) is 14.2. The van der Waals surface area contributed by atoms with Crippen LogP contribution in [-0.4, -0.2) is 0 Å². The van der Waals surface area contributed by atoms with Gasteiger partial charge in [0.15, 0.2) is 0 Å². The van der Waals surface area contributed by atoms with Gasteiger partial charge < -0.3 is 9.80 Å². The van der Waals surface area contributed by atoms with Gasteiger partial charge >= 0.3 is 0 Å². The summed E-state index contributed by atoms with van der Waals surface area (Å²) in [6, 6.07) is 81.2. The largest absolute Gasteiger partial charge is 0.308 e. The third kappa shape index (κ3) is 5.79. The molecular formula is C62H48N2. The van der Waals surface area contributed by atoms with E-state index in [4.69, 9.17) is 0 Å². The molecule has 0 saturated heterocycles. The molecule has 1 aliphatic heterocycles. The maximum Gasteiger partial charge on any atom is 0.0781 e. The summed E-state index contributed by atoms with van der Waals surface area (Å²) in [6.45, 7) is 9.52. The van der Waals surface area contributed by atoms with E-state index in [9.17, 15) is 0 Å². The lowest BCUT2D eigenvalue weighted by Crippen LogP contribution is -2.31. The molecule has 1 aliphatic carbocycles. The van der Waals surface area contributed by atoms with E-state index in [1.807, 2.05) is 0 Å². The molecule has 10 aromatic carbocycles. The van der Waals surface area contributed by atoms with Crippen molar-refractivity contribution < 1.29 is 0 Å². The molecule has 0 spiro atoms. The molecule has 0 aromatic heterocycles. The molecule has 0 fully saturated rings. The number of hydrogen-bond acceptors (Lipinski definition) is 2. The van der Waals surface area contributed by atoms with Crippen LogP contribution in [0.25, 0.3) is 54.9 Å². The monoisotopic (exact) mass is 820 g/mol. The van der Waals surface area contributed by atoms with Crippen LogP contribution in [0.15, 0.2) is 218 Å². The maximum atomic E-state index is 2.59. The molecule has 10 aromatic rings. The Labute approximate surface area is 376 Å². The van der Waals surface area contributed by atoms with Gasteiger partial charge in [-0.3, -0.25) is 0 Å². The van der Waals surface area contributed by atoms with Gasteiger partial charge in [-0.2, -0.15) is 0 Å². The minimum atomic E-state index is -0.255. The Kier molecular flexibility index (Phi) is 8.58. The van der Waals surface area contributed by atoms with Gasteiger partial charge in [-0.25, -0.2) is 0 Å². The third-order valence-corrected chi connectivity index (χ3v) is 14.2. The molecule has 0 N–H and O–H groups in total. The fraction of sp³-hybridized carbons (Fsp3) is 0.0968. The summed E-state index contributed by atoms with van der Waals surface area (Å²) in [6.07, 6.45) is 0. The van der Waals surface area contributed by atoms with Crippen molar-refractivity contribution >= 4 is 55.7 Å². The van der Waals surface area contributed by atoms with Crippen molar-refractivity contribution in [2.75, 3.05) is 9.80 Å². The Morgan fingerprint density at radius 1 is 0.344 bits per heavy atom. The third-order valence-electron chi connectivity index (χ3n) is 14.2. The Balaban J connectivity index is 1.17. The Bertz CT molecular complexity index is 3470. The zero-order valence-corrected chi connectivity index (χ0v) is 36.7. The summed E-state index contributed by atoms with van der Waals surface area (Å²) in [7, 11) is 0. The van der Waals surface area contributed by atoms with Gasteiger partial charge in [0.2, 0.25) is 0 Å². The van der Waals surface area contributed by atoms with E-state index < -0.39 is 0 Å². The molecule has 12 rings (SSSR count). The number of fused-ring (bicyclic) bond motifs is 7. The van der Waals surface area contributed by atoms with E-state index >= 15 is 0 Å². The summed E-state index contributed by atoms with van der Waals surface area (Å²) in [5, 5.41) is 4.87. The topological polar surface area (TPSA) is 6.48 Å². The molecular weight excluding hydrogens is 773 g/mol. The molecule has 1 heterocycles. The fourth-order valence-electron chi connectivity index (χ4n) is 10.9. The molecule has 0 unspecified atom stereocenters. The van der Waals surface area contributed by atoms with Crippen LogP contribution in [0.3, 0.4) is 0 Å². The number of rotatable bonds is 6. The zero-order chi connectivity index (χ0) is 43.2. The van der Waals surface area contributed by atoms with E-state index in [0.717, 1.165) is 22.7 Å². The van der Waals surface area contributed by atoms with Crippen LogP contribution in [0, 0.1) is 0 Å². The first-order chi connectivity index (χ1) is 31.3. The lowest BCUT2D eigenvalue weighted by molar-refractivity contribution is 0.632. The number of anilines is 6. The molecule has 64 heavy (non-hydrogen) atoms. The van der Waals surface area contributed by atoms with Crippen LogP contribution in [0.5, 0.6) is 0 Å². The second kappa shape index (κ2) is 14.4. The van der Waals surface area contributed by atoms with E-state index in [2.05, 4.69) is 256 Å². The highest BCUT2D eigenvalue weighted by Crippen LogP contribution is 2.58. The minimum Gasteiger partial charge on any atom is -0.308 e. The average Bonchev–Trinajstić information content (AvgIpc) is 3.57. The van der Waals surface area contributed by atoms with Gasteiger partial charge in [0.05, 0.1) is 28.4 Å². The Morgan fingerprint density at radius 2 is 0.938 bits per heavy atom. The molecule has 0 saturated carbocycles. The summed E-state index contributed by atoms with van der Waals surface area (Å²) >= 11 is 0. The van der Waals surface area contributed by atoms with Crippen LogP contribution >= 0.6 is 0 Å². The second-order valence-corrected chi connectivity index (χ2v) is 18.5. The lowest BCUT2D eigenvalue weighted by atomic mass is 9.73. The van der Waals surface area contributed by atoms with Crippen molar-refractivity contribution in [3.63, 3.8) is 0 Å². The van der Waals surface area contributed by atoms with E-state index in [1.165, 1.54) is 88.6 Å². The molecule has 306 valence electrons. The molecule has 0 amide bonds. The quantitative estimate of drug-likeness (QED) is 0.165. The van der Waals surface area contributed by atoms with E-state index in [0.29, 0.717) is 0 Å². The lowest BCUT2D eigenvalue weighted by Gasteiger charge is -2.44. The first-order valence-corrected chi connectivity index (χ1v) is 22.5. The number of nitrogens with zero attached hydrogens (tertiary/aromatic N) is 2. The summed E-state index contributed by atoms with van der Waals surface area (Å²) < 4.78 is 0. The van der Waals surface area contributed by atoms with Gasteiger partial charge in [0.1, 0.15) is 0 Å². The van der Waals surface area contributed by atoms with Crippen molar-refractivity contribution in [2.45, 2.75) is 38.5 Å². The summed E-state index contributed by atoms with van der Waals surface area (Å²) in [5.41, 5.74) is 19.1. The summed E-state index contributed by atoms with van der Waals surface area (Å²) in [4.78, 5) is 5.13. The standard InChI is InChI=1S/C62H48N2/c1-61(2)52-26-14-12-25-50(52)51-35-34-47(40-55(51)61)63(56-28-16-13-23-48(56)42-19-6-5-7-20-42)58-37-33-43-21-10-11-24-49(43)60(58)64-57-29-17-15-27-53(57)62(3,4)54-36-32-46(39-59(54)64)45-31-30-41-18-8-9-22-44(41)38-45/h5-40H,1-4H3. The second-order valence-electron chi connectivity index (χ2n) is 18.5. The van der Waals surface area contributed by atoms with Crippen LogP contribution < -0.4 is 9.80 Å². The number of hydrogen-bond donors (Lipinski definition) is 0. The van der Waals surface area contributed by atoms with Crippen LogP contribution in [0.4, 0.5) is 34.1 Å². The first-order valence-electron chi connectivity index (χ1n) is 22.5. The van der Waals surface area contributed by atoms with Crippen molar-refractivity contribution in [2.24, 2.45) is 0 Å². The average molecular weight is 821 g/mol. The minimum absolute atomic E-state index is 0.172. The SMILES string of the molecule is CC1(C)c2ccccc2-c2ccc(N(c3ccccc3-c3ccccc3)c3ccc4ccccc4c3N3c4ccccc4C(C)(C)c4ccc(-c5ccc6ccccc6c5)cc43)cc21. The molecule has 2 aliphatic rings. The smallest absolute Gasteiger partial charge is 0.0781 e. The Hall–Kier alpha value is -7.68. The van der Waals surface area contributed by atoms with Crippen molar-refractivity contribution in [3.05, 3.63) is 241 Å². The Morgan fingerprint density at radius 3 is 1.78 bits per heavy atom. The van der Waals surface area contributed by atoms with Crippen LogP contribution in [-0.2, 0) is 10.8 Å². The van der Waals surface area contributed by atoms with Gasteiger partial charge in [-0.15, -0.1) is 0 Å². The fourth-order valence-corrected chi connectivity index (χ4v) is 10.9. The van der Waals surface area contributed by atoms with Crippen molar-refractivity contribution in [1.82, 2.24) is 0 Å². The number of benzene rings is 10.